The average Bonchev–Trinajstić information content (AvgIpc) is 3.38. The number of nitrogens with zero attached hydrogens (tertiary/aromatic N) is 3. The number of aryl methyl sites for hydroxylation is 1. The Labute approximate surface area is 177 Å². The largest absolute Gasteiger partial charge is 0.364 e. The quantitative estimate of drug-likeness (QED) is 0.497. The number of hydrogen-bond donors (Lipinski definition) is 0. The van der Waals surface area contributed by atoms with E-state index in [1.54, 1.807) is 23.0 Å². The van der Waals surface area contributed by atoms with Crippen LogP contribution in [-0.2, 0) is 24.4 Å². The molecule has 4 aromatic rings. The lowest BCUT2D eigenvalue weighted by Crippen LogP contribution is -2.40. The fourth-order valence-electron chi connectivity index (χ4n) is 4.52. The first-order valence-corrected chi connectivity index (χ1v) is 10.8. The second kappa shape index (κ2) is 6.55. The third kappa shape index (κ3) is 2.52. The molecule has 0 radical (unpaired) electrons. The first-order valence-electron chi connectivity index (χ1n) is 9.88. The van der Waals surface area contributed by atoms with E-state index in [-0.39, 0.29) is 17.4 Å². The highest BCUT2D eigenvalue weighted by Crippen LogP contribution is 2.46. The lowest BCUT2D eigenvalue weighted by molar-refractivity contribution is -0.00545. The van der Waals surface area contributed by atoms with Gasteiger partial charge in [-0.05, 0) is 30.9 Å². The zero-order valence-corrected chi connectivity index (χ0v) is 18.2. The Balaban J connectivity index is 2.05. The molecule has 0 spiro atoms. The second-order valence-electron chi connectivity index (χ2n) is 8.38. The topological polar surface area (TPSA) is 58.2 Å². The normalized spacial score (nSPS) is 17.9. The van der Waals surface area contributed by atoms with Gasteiger partial charge in [0, 0.05) is 19.0 Å². The van der Waals surface area contributed by atoms with Crippen LogP contribution in [0.5, 0.6) is 0 Å². The summed E-state index contributed by atoms with van der Waals surface area (Å²) in [5.41, 5.74) is 2.28. The number of fused-ring (bicyclic) bond motifs is 3. The van der Waals surface area contributed by atoms with E-state index < -0.39 is 5.54 Å². The molecule has 0 saturated carbocycles. The van der Waals surface area contributed by atoms with E-state index in [0.717, 1.165) is 21.8 Å². The van der Waals surface area contributed by atoms with Crippen LogP contribution >= 0.6 is 11.3 Å². The molecule has 7 heteroatoms. The van der Waals surface area contributed by atoms with E-state index >= 15 is 0 Å². The van der Waals surface area contributed by atoms with Crippen molar-refractivity contribution in [1.82, 2.24) is 13.7 Å². The summed E-state index contributed by atoms with van der Waals surface area (Å²) in [7, 11) is 3.26. The van der Waals surface area contributed by atoms with Crippen molar-refractivity contribution in [1.29, 1.82) is 0 Å². The van der Waals surface area contributed by atoms with Gasteiger partial charge in [-0.3, -0.25) is 13.9 Å². The fraction of sp³-hybridized carbons (Fsp3) is 0.304. The lowest BCUT2D eigenvalue weighted by Gasteiger charge is -2.39. The van der Waals surface area contributed by atoms with Crippen LogP contribution in [0.25, 0.3) is 22.2 Å². The van der Waals surface area contributed by atoms with Crippen molar-refractivity contribution >= 4 is 22.2 Å². The van der Waals surface area contributed by atoms with Gasteiger partial charge in [0.2, 0.25) is 0 Å². The molecule has 1 aliphatic heterocycles. The Morgan fingerprint density at radius 2 is 1.77 bits per heavy atom. The summed E-state index contributed by atoms with van der Waals surface area (Å²) in [4.78, 5) is 27.3. The minimum Gasteiger partial charge on any atom is -0.364 e. The average molecular weight is 422 g/mol. The minimum absolute atomic E-state index is 0.283. The van der Waals surface area contributed by atoms with Gasteiger partial charge in [-0.25, -0.2) is 4.79 Å². The number of thiophene rings is 1. The SMILES string of the molecule is Cn1c(=O)c2c(-c3ccccc3)n3c(c2n(C)c1=O)[C@H](c1cccs1)OCC3(C)C. The van der Waals surface area contributed by atoms with E-state index in [1.807, 2.05) is 47.8 Å². The molecule has 0 aliphatic carbocycles. The summed E-state index contributed by atoms with van der Waals surface area (Å²) in [6, 6.07) is 14.0. The zero-order valence-electron chi connectivity index (χ0n) is 17.4. The summed E-state index contributed by atoms with van der Waals surface area (Å²) in [6.45, 7) is 4.71. The van der Waals surface area contributed by atoms with E-state index in [1.165, 1.54) is 11.6 Å². The van der Waals surface area contributed by atoms with E-state index in [0.29, 0.717) is 17.5 Å². The third-order valence-corrected chi connectivity index (χ3v) is 6.83. The summed E-state index contributed by atoms with van der Waals surface area (Å²) < 4.78 is 11.3. The van der Waals surface area contributed by atoms with Gasteiger partial charge >= 0.3 is 5.69 Å². The monoisotopic (exact) mass is 421 g/mol. The molecular formula is C23H23N3O3S. The van der Waals surface area contributed by atoms with Crippen molar-refractivity contribution in [3.63, 3.8) is 0 Å². The maximum atomic E-state index is 13.4. The van der Waals surface area contributed by atoms with Crippen molar-refractivity contribution in [3.8, 4) is 11.3 Å². The van der Waals surface area contributed by atoms with Crippen LogP contribution in [0.3, 0.4) is 0 Å². The molecule has 0 saturated heterocycles. The number of ether oxygens (including phenoxy) is 1. The van der Waals surface area contributed by atoms with Gasteiger partial charge in [0.05, 0.1) is 34.4 Å². The lowest BCUT2D eigenvalue weighted by atomic mass is 10.0. The maximum Gasteiger partial charge on any atom is 0.331 e. The second-order valence-corrected chi connectivity index (χ2v) is 9.36. The first-order chi connectivity index (χ1) is 14.3. The predicted molar refractivity (Wildman–Crippen MR) is 119 cm³/mol. The van der Waals surface area contributed by atoms with Crippen LogP contribution in [0, 0.1) is 0 Å². The summed E-state index contributed by atoms with van der Waals surface area (Å²) in [5, 5.41) is 2.57. The number of benzene rings is 1. The molecule has 0 bridgehead atoms. The van der Waals surface area contributed by atoms with Gasteiger partial charge in [0.15, 0.2) is 0 Å². The molecule has 5 rings (SSSR count). The van der Waals surface area contributed by atoms with Crippen LogP contribution in [0.4, 0.5) is 0 Å². The van der Waals surface area contributed by atoms with E-state index in [9.17, 15) is 9.59 Å². The van der Waals surface area contributed by atoms with Crippen LogP contribution in [-0.4, -0.2) is 20.3 Å². The molecule has 6 nitrogen and oxygen atoms in total. The molecule has 154 valence electrons. The molecule has 1 atom stereocenters. The van der Waals surface area contributed by atoms with Gasteiger partial charge < -0.3 is 9.30 Å². The molecule has 0 N–H and O–H groups in total. The molecule has 0 amide bonds. The Kier molecular flexibility index (Phi) is 4.17. The molecule has 0 fully saturated rings. The standard InChI is InChI=1S/C23H23N3O3S/c1-23(2)13-29-20(15-11-8-12-30-15)19-18-16(21(27)25(4)22(28)24(18)3)17(26(19)23)14-9-6-5-7-10-14/h5-12,20H,13H2,1-4H3/t20-/m0/s1. The fourth-order valence-corrected chi connectivity index (χ4v) is 5.30. The number of rotatable bonds is 2. The molecular weight excluding hydrogens is 398 g/mol. The Hall–Kier alpha value is -2.90. The summed E-state index contributed by atoms with van der Waals surface area (Å²) >= 11 is 1.62. The van der Waals surface area contributed by atoms with Gasteiger partial charge in [-0.2, -0.15) is 0 Å². The Morgan fingerprint density at radius 1 is 1.03 bits per heavy atom. The highest BCUT2D eigenvalue weighted by molar-refractivity contribution is 7.10. The van der Waals surface area contributed by atoms with Gasteiger partial charge in [-0.1, -0.05) is 36.4 Å². The Morgan fingerprint density at radius 3 is 2.43 bits per heavy atom. The molecule has 3 aromatic heterocycles. The van der Waals surface area contributed by atoms with Crippen LogP contribution < -0.4 is 11.2 Å². The van der Waals surface area contributed by atoms with Crippen LogP contribution in [0.2, 0.25) is 0 Å². The minimum atomic E-state index is -0.394. The molecule has 4 heterocycles. The molecule has 1 aliphatic rings. The smallest absolute Gasteiger partial charge is 0.331 e. The Bertz CT molecular complexity index is 1380. The molecule has 30 heavy (non-hydrogen) atoms. The summed E-state index contributed by atoms with van der Waals surface area (Å²) in [5.74, 6) is 0. The van der Waals surface area contributed by atoms with Crippen molar-refractivity contribution in [2.24, 2.45) is 14.1 Å². The number of hydrogen-bond acceptors (Lipinski definition) is 4. The van der Waals surface area contributed by atoms with Crippen molar-refractivity contribution in [2.45, 2.75) is 25.5 Å². The highest BCUT2D eigenvalue weighted by Gasteiger charge is 2.40. The summed E-state index contributed by atoms with van der Waals surface area (Å²) in [6.07, 6.45) is -0.337. The van der Waals surface area contributed by atoms with E-state index in [4.69, 9.17) is 4.74 Å². The van der Waals surface area contributed by atoms with Gasteiger partial charge in [0.1, 0.15) is 6.10 Å². The van der Waals surface area contributed by atoms with Gasteiger partial charge in [-0.15, -0.1) is 11.3 Å². The van der Waals surface area contributed by atoms with Crippen LogP contribution in [0.1, 0.15) is 30.5 Å². The van der Waals surface area contributed by atoms with Crippen molar-refractivity contribution in [2.75, 3.05) is 6.61 Å². The molecule has 1 aromatic carbocycles. The maximum absolute atomic E-state index is 13.4. The first kappa shape index (κ1) is 19.1. The highest BCUT2D eigenvalue weighted by atomic mass is 32.1. The third-order valence-electron chi connectivity index (χ3n) is 5.91. The number of aromatic nitrogens is 3. The predicted octanol–water partition coefficient (Wildman–Crippen LogP) is 3.62. The van der Waals surface area contributed by atoms with Crippen molar-refractivity contribution in [3.05, 3.63) is 79.3 Å². The zero-order chi connectivity index (χ0) is 21.2. The molecule has 0 unspecified atom stereocenters. The van der Waals surface area contributed by atoms with Crippen LogP contribution in [0.15, 0.2) is 57.4 Å². The van der Waals surface area contributed by atoms with Gasteiger partial charge in [0.25, 0.3) is 5.56 Å². The van der Waals surface area contributed by atoms with Crippen molar-refractivity contribution < 1.29 is 4.74 Å². The van der Waals surface area contributed by atoms with E-state index in [2.05, 4.69) is 18.4 Å².